The van der Waals surface area contributed by atoms with E-state index < -0.39 is 33.9 Å². The Kier molecular flexibility index (Phi) is 6.11. The molecule has 10 heteroatoms. The van der Waals surface area contributed by atoms with E-state index >= 15 is 0 Å². The molecule has 0 radical (unpaired) electrons. The first-order valence-electron chi connectivity index (χ1n) is 7.72. The summed E-state index contributed by atoms with van der Waals surface area (Å²) in [5.41, 5.74) is -0.109. The zero-order valence-corrected chi connectivity index (χ0v) is 14.2. The van der Waals surface area contributed by atoms with Crippen molar-refractivity contribution >= 4 is 22.0 Å². The van der Waals surface area contributed by atoms with E-state index in [4.69, 9.17) is 0 Å². The lowest BCUT2D eigenvalue weighted by Gasteiger charge is -2.33. The average molecular weight is 371 g/mol. The number of nitrogens with one attached hydrogen (secondary N) is 1. The highest BCUT2D eigenvalue weighted by Crippen LogP contribution is 2.11. The molecule has 1 aromatic carbocycles. The number of hydrogen-bond acceptors (Lipinski definition) is 7. The van der Waals surface area contributed by atoms with E-state index in [1.165, 1.54) is 23.1 Å². The summed E-state index contributed by atoms with van der Waals surface area (Å²) in [4.78, 5) is 26.0. The number of aliphatic hydroxyl groups is 1. The molecule has 0 bridgehead atoms. The second-order valence-corrected chi connectivity index (χ2v) is 7.41. The molecule has 0 spiro atoms. The van der Waals surface area contributed by atoms with Gasteiger partial charge in [0.25, 0.3) is 5.91 Å². The van der Waals surface area contributed by atoms with Crippen molar-refractivity contribution in [3.8, 4) is 0 Å². The molecule has 0 aliphatic carbocycles. The van der Waals surface area contributed by atoms with Crippen molar-refractivity contribution in [2.24, 2.45) is 0 Å². The van der Waals surface area contributed by atoms with Crippen LogP contribution in [-0.2, 0) is 10.1 Å². The number of aromatic carboxylic acids is 1. The van der Waals surface area contributed by atoms with Crippen LogP contribution in [0.3, 0.4) is 0 Å². The van der Waals surface area contributed by atoms with Gasteiger partial charge >= 0.3 is 0 Å². The molecule has 1 heterocycles. The van der Waals surface area contributed by atoms with Crippen LogP contribution in [0.4, 0.5) is 0 Å². The van der Waals surface area contributed by atoms with Crippen LogP contribution in [0.2, 0.25) is 0 Å². The SMILES string of the molecule is O=C([O-])c1ccccc1C(=O)N1CC[NH+](C[C@@H](O)CS(=O)(=O)[O-])CC1. The predicted molar refractivity (Wildman–Crippen MR) is 82.8 cm³/mol. The van der Waals surface area contributed by atoms with Crippen LogP contribution in [0.5, 0.6) is 0 Å². The Bertz CT molecular complexity index is 742. The van der Waals surface area contributed by atoms with E-state index in [9.17, 15) is 32.8 Å². The van der Waals surface area contributed by atoms with Gasteiger partial charge in [-0.25, -0.2) is 8.42 Å². The highest BCUT2D eigenvalue weighted by molar-refractivity contribution is 7.85. The Balaban J connectivity index is 1.94. The van der Waals surface area contributed by atoms with Crippen LogP contribution in [0.1, 0.15) is 20.7 Å². The monoisotopic (exact) mass is 371 g/mol. The lowest BCUT2D eigenvalue weighted by Crippen LogP contribution is -3.16. The van der Waals surface area contributed by atoms with Crippen molar-refractivity contribution in [2.45, 2.75) is 6.10 Å². The van der Waals surface area contributed by atoms with Gasteiger partial charge in [-0.2, -0.15) is 0 Å². The van der Waals surface area contributed by atoms with Crippen LogP contribution in [0, 0.1) is 0 Å². The molecule has 1 amide bonds. The third kappa shape index (κ3) is 5.49. The highest BCUT2D eigenvalue weighted by Gasteiger charge is 2.27. The molecule has 1 aromatic rings. The molecular weight excluding hydrogens is 352 g/mol. The summed E-state index contributed by atoms with van der Waals surface area (Å²) < 4.78 is 31.9. The Morgan fingerprint density at radius 3 is 2.28 bits per heavy atom. The molecule has 1 fully saturated rings. The molecule has 138 valence electrons. The number of carboxylic acids is 1. The van der Waals surface area contributed by atoms with Crippen molar-refractivity contribution in [3.63, 3.8) is 0 Å². The van der Waals surface area contributed by atoms with Gasteiger partial charge in [0.1, 0.15) is 12.6 Å². The topological polar surface area (TPSA) is 142 Å². The molecule has 1 atom stereocenters. The molecular formula is C15H19N2O7S-. The van der Waals surface area contributed by atoms with Crippen molar-refractivity contribution < 1.29 is 37.7 Å². The Hall–Kier alpha value is -2.01. The minimum Gasteiger partial charge on any atom is -0.748 e. The summed E-state index contributed by atoms with van der Waals surface area (Å²) in [5, 5.41) is 20.7. The zero-order valence-electron chi connectivity index (χ0n) is 13.4. The molecule has 1 saturated heterocycles. The third-order valence-corrected chi connectivity index (χ3v) is 4.85. The quantitative estimate of drug-likeness (QED) is 0.490. The molecule has 0 unspecified atom stereocenters. The van der Waals surface area contributed by atoms with Gasteiger partial charge in [-0.1, -0.05) is 18.2 Å². The van der Waals surface area contributed by atoms with Crippen LogP contribution >= 0.6 is 0 Å². The van der Waals surface area contributed by atoms with Gasteiger partial charge in [-0.15, -0.1) is 0 Å². The fourth-order valence-corrected chi connectivity index (χ4v) is 3.46. The average Bonchev–Trinajstić information content (AvgIpc) is 2.53. The van der Waals surface area contributed by atoms with E-state index in [-0.39, 0.29) is 17.7 Å². The number of nitrogens with zero attached hydrogens (tertiary/aromatic N) is 1. The van der Waals surface area contributed by atoms with Crippen LogP contribution < -0.4 is 10.0 Å². The normalized spacial score (nSPS) is 17.3. The van der Waals surface area contributed by atoms with E-state index in [1.807, 2.05) is 0 Å². The Labute approximate surface area is 145 Å². The fraction of sp³-hybridized carbons (Fsp3) is 0.467. The second kappa shape index (κ2) is 7.91. The van der Waals surface area contributed by atoms with E-state index in [1.54, 1.807) is 6.07 Å². The molecule has 0 saturated carbocycles. The minimum atomic E-state index is -4.49. The lowest BCUT2D eigenvalue weighted by molar-refractivity contribution is -0.906. The van der Waals surface area contributed by atoms with Gasteiger partial charge in [0.2, 0.25) is 0 Å². The summed E-state index contributed by atoms with van der Waals surface area (Å²) >= 11 is 0. The van der Waals surface area contributed by atoms with Gasteiger partial charge in [0.05, 0.1) is 48.0 Å². The van der Waals surface area contributed by atoms with E-state index in [0.29, 0.717) is 26.2 Å². The van der Waals surface area contributed by atoms with Crippen molar-refractivity contribution in [3.05, 3.63) is 35.4 Å². The summed E-state index contributed by atoms with van der Waals surface area (Å²) in [6.07, 6.45) is -1.25. The van der Waals surface area contributed by atoms with Gasteiger partial charge in [0.15, 0.2) is 0 Å². The number of quaternary nitrogens is 1. The van der Waals surface area contributed by atoms with Crippen LogP contribution in [-0.4, -0.2) is 79.4 Å². The molecule has 1 aliphatic heterocycles. The molecule has 1 aliphatic rings. The van der Waals surface area contributed by atoms with E-state index in [0.717, 1.165) is 4.90 Å². The third-order valence-electron chi connectivity index (χ3n) is 4.06. The fourth-order valence-electron chi connectivity index (χ4n) is 2.88. The standard InChI is InChI=1S/C15H20N2O7S/c18-11(10-25(22,23)24)9-16-5-7-17(8-6-16)14(19)12-3-1-2-4-13(12)15(20)21/h1-4,11,18H,5-10H2,(H,20,21)(H,22,23,24)/p-1/t11-/m1/s1. The molecule has 0 aromatic heterocycles. The smallest absolute Gasteiger partial charge is 0.254 e. The van der Waals surface area contributed by atoms with Crippen LogP contribution in [0.25, 0.3) is 0 Å². The van der Waals surface area contributed by atoms with Crippen molar-refractivity contribution in [1.29, 1.82) is 0 Å². The predicted octanol–water partition coefficient (Wildman–Crippen LogP) is -3.70. The minimum absolute atomic E-state index is 0.0587. The lowest BCUT2D eigenvalue weighted by atomic mass is 10.1. The number of carbonyl (C=O) groups excluding carboxylic acids is 2. The summed E-state index contributed by atoms with van der Waals surface area (Å²) in [6, 6.07) is 5.82. The number of aliphatic hydroxyl groups excluding tert-OH is 1. The van der Waals surface area contributed by atoms with Gasteiger partial charge < -0.3 is 29.4 Å². The summed E-state index contributed by atoms with van der Waals surface area (Å²) in [6.45, 7) is 1.66. The zero-order chi connectivity index (χ0) is 18.6. The Morgan fingerprint density at radius 1 is 1.20 bits per heavy atom. The van der Waals surface area contributed by atoms with Crippen molar-refractivity contribution in [2.75, 3.05) is 38.5 Å². The maximum absolute atomic E-state index is 12.5. The maximum atomic E-state index is 12.5. The molecule has 25 heavy (non-hydrogen) atoms. The summed E-state index contributed by atoms with van der Waals surface area (Å²) in [7, 11) is -4.49. The molecule has 9 nitrogen and oxygen atoms in total. The number of amides is 1. The highest BCUT2D eigenvalue weighted by atomic mass is 32.2. The maximum Gasteiger partial charge on any atom is 0.254 e. The van der Waals surface area contributed by atoms with Gasteiger partial charge in [-0.3, -0.25) is 4.79 Å². The largest absolute Gasteiger partial charge is 0.748 e. The van der Waals surface area contributed by atoms with Crippen LogP contribution in [0.15, 0.2) is 24.3 Å². The number of carbonyl (C=O) groups is 2. The van der Waals surface area contributed by atoms with Gasteiger partial charge in [0, 0.05) is 11.1 Å². The number of piperazine rings is 1. The van der Waals surface area contributed by atoms with E-state index in [2.05, 4.69) is 0 Å². The van der Waals surface area contributed by atoms with Gasteiger partial charge in [-0.05, 0) is 6.07 Å². The number of benzene rings is 1. The number of carboxylic acid groups (broad SMARTS) is 1. The number of hydrogen-bond donors (Lipinski definition) is 2. The first kappa shape index (κ1) is 19.3. The summed E-state index contributed by atoms with van der Waals surface area (Å²) in [5.74, 6) is -2.67. The first-order valence-corrected chi connectivity index (χ1v) is 9.30. The second-order valence-electron chi connectivity index (χ2n) is 5.96. The molecule has 2 N–H and O–H groups in total. The number of rotatable bonds is 6. The van der Waals surface area contributed by atoms with Crippen molar-refractivity contribution in [1.82, 2.24) is 4.90 Å². The Morgan fingerprint density at radius 2 is 1.76 bits per heavy atom. The molecule has 2 rings (SSSR count). The first-order chi connectivity index (χ1) is 11.7.